The number of carbonyl (C=O) groups excluding carboxylic acids is 1. The summed E-state index contributed by atoms with van der Waals surface area (Å²) < 4.78 is 11.9. The Hall–Kier alpha value is -2.37. The summed E-state index contributed by atoms with van der Waals surface area (Å²) in [4.78, 5) is 15.2. The van der Waals surface area contributed by atoms with Gasteiger partial charge in [0.2, 0.25) is 0 Å². The smallest absolute Gasteiger partial charge is 0.255 e. The summed E-state index contributed by atoms with van der Waals surface area (Å²) in [6.45, 7) is 3.88. The number of anilines is 1. The van der Waals surface area contributed by atoms with Crippen molar-refractivity contribution in [2.45, 2.75) is 57.3 Å². The number of nitrogens with one attached hydrogen (secondary N) is 1. The van der Waals surface area contributed by atoms with E-state index < -0.39 is 0 Å². The SMILES string of the molecule is O=C(Nc1ccc(OCC2CCN3CCCC23)cc1)c1ccc(COC2CCC2)cc1. The zero-order chi connectivity index (χ0) is 21.0. The van der Waals surface area contributed by atoms with Crippen molar-refractivity contribution in [1.82, 2.24) is 4.90 Å². The van der Waals surface area contributed by atoms with Crippen LogP contribution in [0.15, 0.2) is 48.5 Å². The lowest BCUT2D eigenvalue weighted by Gasteiger charge is -2.25. The van der Waals surface area contributed by atoms with E-state index in [2.05, 4.69) is 10.2 Å². The van der Waals surface area contributed by atoms with Crippen molar-refractivity contribution in [2.24, 2.45) is 5.92 Å². The summed E-state index contributed by atoms with van der Waals surface area (Å²) in [6.07, 6.45) is 7.92. The maximum absolute atomic E-state index is 12.6. The topological polar surface area (TPSA) is 50.8 Å². The summed E-state index contributed by atoms with van der Waals surface area (Å²) in [5.74, 6) is 1.40. The zero-order valence-electron chi connectivity index (χ0n) is 18.1. The Morgan fingerprint density at radius 2 is 1.74 bits per heavy atom. The molecule has 0 bridgehead atoms. The van der Waals surface area contributed by atoms with Crippen LogP contribution in [0.5, 0.6) is 5.75 Å². The molecule has 31 heavy (non-hydrogen) atoms. The summed E-state index contributed by atoms with van der Waals surface area (Å²) in [6, 6.07) is 16.1. The van der Waals surface area contributed by atoms with E-state index in [1.807, 2.05) is 48.5 Å². The van der Waals surface area contributed by atoms with Crippen LogP contribution in [0.25, 0.3) is 0 Å². The van der Waals surface area contributed by atoms with Gasteiger partial charge in [0.1, 0.15) is 5.75 Å². The molecule has 2 atom stereocenters. The average molecular weight is 421 g/mol. The lowest BCUT2D eigenvalue weighted by atomic mass is 9.96. The van der Waals surface area contributed by atoms with E-state index in [1.54, 1.807) is 0 Å². The van der Waals surface area contributed by atoms with Crippen LogP contribution in [0.1, 0.15) is 54.4 Å². The molecule has 2 unspecified atom stereocenters. The molecule has 0 aromatic heterocycles. The minimum atomic E-state index is -0.104. The molecule has 0 spiro atoms. The Bertz CT molecular complexity index is 877. The van der Waals surface area contributed by atoms with Gasteiger partial charge in [-0.25, -0.2) is 0 Å². The normalized spacial score (nSPS) is 23.4. The van der Waals surface area contributed by atoms with Crippen molar-refractivity contribution in [3.05, 3.63) is 59.7 Å². The highest BCUT2D eigenvalue weighted by Crippen LogP contribution is 2.33. The molecule has 2 heterocycles. The first kappa shape index (κ1) is 20.5. The van der Waals surface area contributed by atoms with Gasteiger partial charge in [-0.1, -0.05) is 12.1 Å². The van der Waals surface area contributed by atoms with E-state index in [-0.39, 0.29) is 5.91 Å². The van der Waals surface area contributed by atoms with Gasteiger partial charge in [-0.2, -0.15) is 0 Å². The molecule has 1 aliphatic carbocycles. The number of rotatable bonds is 8. The Morgan fingerprint density at radius 1 is 0.935 bits per heavy atom. The molecule has 0 radical (unpaired) electrons. The van der Waals surface area contributed by atoms with Gasteiger partial charge in [0, 0.05) is 23.2 Å². The van der Waals surface area contributed by atoms with Gasteiger partial charge < -0.3 is 14.8 Å². The van der Waals surface area contributed by atoms with Crippen molar-refractivity contribution in [1.29, 1.82) is 0 Å². The zero-order valence-corrected chi connectivity index (χ0v) is 18.1. The van der Waals surface area contributed by atoms with Gasteiger partial charge in [-0.3, -0.25) is 9.69 Å². The van der Waals surface area contributed by atoms with E-state index in [0.717, 1.165) is 29.6 Å². The predicted octanol–water partition coefficient (Wildman–Crippen LogP) is 4.87. The third kappa shape index (κ3) is 4.94. The fraction of sp³-hybridized carbons (Fsp3) is 0.500. The quantitative estimate of drug-likeness (QED) is 0.662. The molecule has 5 nitrogen and oxygen atoms in total. The number of amides is 1. The molecule has 164 valence electrons. The molecule has 2 aromatic rings. The van der Waals surface area contributed by atoms with E-state index in [9.17, 15) is 4.79 Å². The molecule has 3 fully saturated rings. The molecule has 5 rings (SSSR count). The number of ether oxygens (including phenoxy) is 2. The largest absolute Gasteiger partial charge is 0.493 e. The number of fused-ring (bicyclic) bond motifs is 1. The fourth-order valence-electron chi connectivity index (χ4n) is 4.93. The van der Waals surface area contributed by atoms with Gasteiger partial charge >= 0.3 is 0 Å². The highest BCUT2D eigenvalue weighted by Gasteiger charge is 2.37. The van der Waals surface area contributed by atoms with Gasteiger partial charge in [0.05, 0.1) is 19.3 Å². The van der Waals surface area contributed by atoms with Crippen LogP contribution in [-0.4, -0.2) is 42.6 Å². The first-order valence-electron chi connectivity index (χ1n) is 11.7. The molecule has 1 amide bonds. The monoisotopic (exact) mass is 420 g/mol. The summed E-state index contributed by atoms with van der Waals surface area (Å²) in [5.41, 5.74) is 2.53. The Kier molecular flexibility index (Phi) is 6.23. The summed E-state index contributed by atoms with van der Waals surface area (Å²) >= 11 is 0. The molecular formula is C26H32N2O3. The second kappa shape index (κ2) is 9.41. The maximum Gasteiger partial charge on any atom is 0.255 e. The highest BCUT2D eigenvalue weighted by molar-refractivity contribution is 6.04. The molecule has 1 saturated carbocycles. The van der Waals surface area contributed by atoms with Gasteiger partial charge in [0.15, 0.2) is 0 Å². The van der Waals surface area contributed by atoms with Crippen LogP contribution in [0.4, 0.5) is 5.69 Å². The maximum atomic E-state index is 12.6. The van der Waals surface area contributed by atoms with Crippen molar-refractivity contribution < 1.29 is 14.3 Å². The summed E-state index contributed by atoms with van der Waals surface area (Å²) in [7, 11) is 0. The van der Waals surface area contributed by atoms with E-state index in [1.165, 1.54) is 51.6 Å². The standard InChI is InChI=1S/C26H32N2O3/c29-26(20-8-6-19(7-9-20)17-30-23-3-1-4-23)27-22-10-12-24(13-11-22)31-18-21-14-16-28-15-2-5-25(21)28/h6-13,21,23,25H,1-5,14-18H2,(H,27,29). The Labute approximate surface area is 184 Å². The van der Waals surface area contributed by atoms with E-state index >= 15 is 0 Å². The predicted molar refractivity (Wildman–Crippen MR) is 121 cm³/mol. The number of hydrogen-bond donors (Lipinski definition) is 1. The molecule has 3 aliphatic rings. The minimum Gasteiger partial charge on any atom is -0.493 e. The second-order valence-corrected chi connectivity index (χ2v) is 9.14. The molecule has 2 aliphatic heterocycles. The van der Waals surface area contributed by atoms with Crippen LogP contribution in [0.3, 0.4) is 0 Å². The van der Waals surface area contributed by atoms with Crippen LogP contribution in [-0.2, 0) is 11.3 Å². The molecule has 1 N–H and O–H groups in total. The van der Waals surface area contributed by atoms with E-state index in [0.29, 0.717) is 24.2 Å². The Balaban J connectivity index is 1.09. The first-order chi connectivity index (χ1) is 15.2. The second-order valence-electron chi connectivity index (χ2n) is 9.14. The number of nitrogens with zero attached hydrogens (tertiary/aromatic N) is 1. The molecule has 2 aromatic carbocycles. The van der Waals surface area contributed by atoms with Crippen molar-refractivity contribution >= 4 is 11.6 Å². The third-order valence-corrected chi connectivity index (χ3v) is 7.08. The summed E-state index contributed by atoms with van der Waals surface area (Å²) in [5, 5.41) is 2.97. The average Bonchev–Trinajstić information content (AvgIpc) is 3.37. The fourth-order valence-corrected chi connectivity index (χ4v) is 4.93. The minimum absolute atomic E-state index is 0.104. The van der Waals surface area contributed by atoms with Crippen LogP contribution in [0.2, 0.25) is 0 Å². The molecule has 2 saturated heterocycles. The highest BCUT2D eigenvalue weighted by atomic mass is 16.5. The van der Waals surface area contributed by atoms with Crippen molar-refractivity contribution in [3.63, 3.8) is 0 Å². The number of hydrogen-bond acceptors (Lipinski definition) is 4. The first-order valence-corrected chi connectivity index (χ1v) is 11.7. The van der Waals surface area contributed by atoms with Gasteiger partial charge in [0.25, 0.3) is 5.91 Å². The van der Waals surface area contributed by atoms with Crippen LogP contribution >= 0.6 is 0 Å². The Morgan fingerprint density at radius 3 is 2.48 bits per heavy atom. The third-order valence-electron chi connectivity index (χ3n) is 7.08. The lowest BCUT2D eigenvalue weighted by molar-refractivity contribution is -0.00866. The lowest BCUT2D eigenvalue weighted by Crippen LogP contribution is -2.28. The van der Waals surface area contributed by atoms with Gasteiger partial charge in [-0.15, -0.1) is 0 Å². The van der Waals surface area contributed by atoms with Crippen molar-refractivity contribution in [2.75, 3.05) is 25.0 Å². The number of carbonyl (C=O) groups is 1. The van der Waals surface area contributed by atoms with Crippen LogP contribution in [0, 0.1) is 5.92 Å². The number of benzene rings is 2. The molecular weight excluding hydrogens is 388 g/mol. The van der Waals surface area contributed by atoms with Crippen LogP contribution < -0.4 is 10.1 Å². The van der Waals surface area contributed by atoms with E-state index in [4.69, 9.17) is 9.47 Å². The van der Waals surface area contributed by atoms with Gasteiger partial charge in [-0.05, 0) is 93.6 Å². The molecule has 5 heteroatoms. The van der Waals surface area contributed by atoms with Crippen molar-refractivity contribution in [3.8, 4) is 5.75 Å².